The number of rotatable bonds is 6. The molecule has 2 heterocycles. The number of nitrogens with one attached hydrogen (secondary N) is 2. The van der Waals surface area contributed by atoms with Gasteiger partial charge in [-0.25, -0.2) is 0 Å². The van der Waals surface area contributed by atoms with Crippen LogP contribution in [0.5, 0.6) is 0 Å². The number of pyridine rings is 1. The fraction of sp³-hybridized carbons (Fsp3) is 0.440. The number of fused-ring (bicyclic) bond motifs is 2. The molecule has 2 N–H and O–H groups in total. The quantitative estimate of drug-likeness (QED) is 0.472. The number of hydrogen-bond acceptors (Lipinski definition) is 4. The summed E-state index contributed by atoms with van der Waals surface area (Å²) in [4.78, 5) is 17.3. The van der Waals surface area contributed by atoms with Crippen molar-refractivity contribution < 1.29 is 4.79 Å². The molecule has 1 aromatic carbocycles. The fourth-order valence-electron chi connectivity index (χ4n) is 5.10. The highest BCUT2D eigenvalue weighted by Crippen LogP contribution is 2.39. The second-order valence-corrected chi connectivity index (χ2v) is 9.69. The Labute approximate surface area is 182 Å². The van der Waals surface area contributed by atoms with Gasteiger partial charge in [0.1, 0.15) is 0 Å². The van der Waals surface area contributed by atoms with E-state index in [0.717, 1.165) is 36.6 Å². The number of thiophene rings is 1. The normalized spacial score (nSPS) is 18.6. The summed E-state index contributed by atoms with van der Waals surface area (Å²) in [6, 6.07) is 8.74. The molecule has 0 radical (unpaired) electrons. The van der Waals surface area contributed by atoms with E-state index in [-0.39, 0.29) is 11.9 Å². The lowest BCUT2D eigenvalue weighted by molar-refractivity contribution is -0.116. The van der Waals surface area contributed by atoms with Gasteiger partial charge in [-0.3, -0.25) is 9.78 Å². The number of carbonyl (C=O) groups is 1. The molecule has 1 saturated carbocycles. The monoisotopic (exact) mass is 419 g/mol. The molecule has 2 aromatic heterocycles. The number of aromatic nitrogens is 1. The number of anilines is 2. The molecule has 0 spiro atoms. The lowest BCUT2D eigenvalue weighted by atomic mass is 10.0. The predicted octanol–water partition coefficient (Wildman–Crippen LogP) is 6.61. The average molecular weight is 420 g/mol. The fourth-order valence-corrected chi connectivity index (χ4v) is 6.00. The summed E-state index contributed by atoms with van der Waals surface area (Å²) in [6.07, 6.45) is 10.8. The van der Waals surface area contributed by atoms with Gasteiger partial charge in [-0.05, 0) is 49.3 Å². The Bertz CT molecular complexity index is 1070. The molecule has 1 atom stereocenters. The third-order valence-electron chi connectivity index (χ3n) is 6.85. The smallest absolute Gasteiger partial charge is 0.224 e. The molecule has 1 amide bonds. The zero-order valence-corrected chi connectivity index (χ0v) is 18.4. The van der Waals surface area contributed by atoms with Crippen LogP contribution in [0.2, 0.25) is 0 Å². The van der Waals surface area contributed by atoms with Crippen molar-refractivity contribution in [1.29, 1.82) is 0 Å². The van der Waals surface area contributed by atoms with Crippen LogP contribution in [0.4, 0.5) is 11.4 Å². The molecule has 1 fully saturated rings. The zero-order valence-electron chi connectivity index (χ0n) is 17.5. The standard InChI is InChI=1S/C25H29N3OS/c1-16-18-11-12-20(27-22-15-30-23-9-5-4-8-19(22)23)25(18)26-14-21(16)28-24(29)13-10-17-6-2-3-7-17/h4-5,8-9,14-15,17,20,27H,2-3,6-7,10-13H2,1H3,(H,28,29). The third-order valence-corrected chi connectivity index (χ3v) is 7.81. The first kappa shape index (κ1) is 19.6. The molecule has 0 saturated heterocycles. The van der Waals surface area contributed by atoms with Crippen molar-refractivity contribution >= 4 is 38.7 Å². The van der Waals surface area contributed by atoms with Crippen LogP contribution in [0.15, 0.2) is 35.8 Å². The van der Waals surface area contributed by atoms with E-state index >= 15 is 0 Å². The molecule has 5 rings (SSSR count). The lowest BCUT2D eigenvalue weighted by Crippen LogP contribution is -2.15. The van der Waals surface area contributed by atoms with Crippen LogP contribution in [0.3, 0.4) is 0 Å². The summed E-state index contributed by atoms with van der Waals surface area (Å²) in [5, 5.41) is 10.3. The molecule has 5 heteroatoms. The molecule has 0 bridgehead atoms. The van der Waals surface area contributed by atoms with Crippen molar-refractivity contribution in [3.8, 4) is 0 Å². The van der Waals surface area contributed by atoms with E-state index in [4.69, 9.17) is 4.98 Å². The Morgan fingerprint density at radius 1 is 1.17 bits per heavy atom. The van der Waals surface area contributed by atoms with E-state index in [0.29, 0.717) is 6.42 Å². The highest BCUT2D eigenvalue weighted by atomic mass is 32.1. The summed E-state index contributed by atoms with van der Waals surface area (Å²) < 4.78 is 1.30. The van der Waals surface area contributed by atoms with Gasteiger partial charge in [-0.15, -0.1) is 11.3 Å². The van der Waals surface area contributed by atoms with E-state index in [1.807, 2.05) is 6.20 Å². The topological polar surface area (TPSA) is 54.0 Å². The molecule has 3 aromatic rings. The zero-order chi connectivity index (χ0) is 20.5. The van der Waals surface area contributed by atoms with Gasteiger partial charge in [-0.2, -0.15) is 0 Å². The van der Waals surface area contributed by atoms with Crippen LogP contribution in [-0.2, 0) is 11.2 Å². The van der Waals surface area contributed by atoms with E-state index in [1.54, 1.807) is 11.3 Å². The Balaban J connectivity index is 1.28. The minimum Gasteiger partial charge on any atom is -0.375 e. The van der Waals surface area contributed by atoms with Gasteiger partial charge in [0.2, 0.25) is 5.91 Å². The summed E-state index contributed by atoms with van der Waals surface area (Å²) in [6.45, 7) is 2.12. The second kappa shape index (κ2) is 8.38. The van der Waals surface area contributed by atoms with Crippen LogP contribution in [0, 0.1) is 12.8 Å². The molecule has 156 valence electrons. The van der Waals surface area contributed by atoms with E-state index in [9.17, 15) is 4.79 Å². The van der Waals surface area contributed by atoms with Gasteiger partial charge in [0.15, 0.2) is 0 Å². The molecule has 1 unspecified atom stereocenters. The molecule has 2 aliphatic rings. The third kappa shape index (κ3) is 3.83. The second-order valence-electron chi connectivity index (χ2n) is 8.78. The minimum absolute atomic E-state index is 0.129. The number of benzene rings is 1. The summed E-state index contributed by atoms with van der Waals surface area (Å²) in [5.41, 5.74) is 5.67. The number of nitrogens with zero attached hydrogens (tertiary/aromatic N) is 1. The maximum atomic E-state index is 12.5. The molecular formula is C25H29N3OS. The molecule has 2 aliphatic carbocycles. The summed E-state index contributed by atoms with van der Waals surface area (Å²) in [5.74, 6) is 0.874. The van der Waals surface area contributed by atoms with Crippen LogP contribution in [-0.4, -0.2) is 10.9 Å². The Hall–Kier alpha value is -2.40. The Morgan fingerprint density at radius 3 is 2.87 bits per heavy atom. The predicted molar refractivity (Wildman–Crippen MR) is 125 cm³/mol. The van der Waals surface area contributed by atoms with E-state index in [2.05, 4.69) is 47.2 Å². The van der Waals surface area contributed by atoms with Crippen molar-refractivity contribution in [3.05, 3.63) is 52.7 Å². The number of carbonyl (C=O) groups excluding carboxylic acids is 1. The van der Waals surface area contributed by atoms with Gasteiger partial charge in [-0.1, -0.05) is 43.9 Å². The van der Waals surface area contributed by atoms with Crippen LogP contribution < -0.4 is 10.6 Å². The van der Waals surface area contributed by atoms with Crippen molar-refractivity contribution in [2.75, 3.05) is 10.6 Å². The molecule has 4 nitrogen and oxygen atoms in total. The number of hydrogen-bond donors (Lipinski definition) is 2. The molecular weight excluding hydrogens is 390 g/mol. The first-order chi connectivity index (χ1) is 14.7. The summed E-state index contributed by atoms with van der Waals surface area (Å²) in [7, 11) is 0. The van der Waals surface area contributed by atoms with Crippen molar-refractivity contribution in [2.24, 2.45) is 5.92 Å². The minimum atomic E-state index is 0.129. The largest absolute Gasteiger partial charge is 0.375 e. The van der Waals surface area contributed by atoms with Crippen LogP contribution in [0.25, 0.3) is 10.1 Å². The molecule has 0 aliphatic heterocycles. The van der Waals surface area contributed by atoms with Gasteiger partial charge in [0.05, 0.1) is 29.3 Å². The van der Waals surface area contributed by atoms with E-state index < -0.39 is 0 Å². The maximum absolute atomic E-state index is 12.5. The van der Waals surface area contributed by atoms with Gasteiger partial charge in [0.25, 0.3) is 0 Å². The van der Waals surface area contributed by atoms with Gasteiger partial charge < -0.3 is 10.6 Å². The number of amides is 1. The highest BCUT2D eigenvalue weighted by Gasteiger charge is 2.27. The SMILES string of the molecule is Cc1c(NC(=O)CCC2CCCC2)cnc2c1CCC2Nc1csc2ccccc12. The van der Waals surface area contributed by atoms with Crippen LogP contribution >= 0.6 is 11.3 Å². The summed E-state index contributed by atoms with van der Waals surface area (Å²) >= 11 is 1.77. The van der Waals surface area contributed by atoms with E-state index in [1.165, 1.54) is 52.6 Å². The van der Waals surface area contributed by atoms with Crippen molar-refractivity contribution in [3.63, 3.8) is 0 Å². The van der Waals surface area contributed by atoms with Crippen LogP contribution in [0.1, 0.15) is 67.8 Å². The lowest BCUT2D eigenvalue weighted by Gasteiger charge is -2.16. The molecule has 30 heavy (non-hydrogen) atoms. The maximum Gasteiger partial charge on any atom is 0.224 e. The average Bonchev–Trinajstić information content (AvgIpc) is 3.50. The highest BCUT2D eigenvalue weighted by molar-refractivity contribution is 7.17. The van der Waals surface area contributed by atoms with Crippen molar-refractivity contribution in [2.45, 2.75) is 64.3 Å². The first-order valence-corrected chi connectivity index (χ1v) is 12.1. The Morgan fingerprint density at radius 2 is 2.00 bits per heavy atom. The van der Waals surface area contributed by atoms with Crippen molar-refractivity contribution in [1.82, 2.24) is 4.98 Å². The van der Waals surface area contributed by atoms with Gasteiger partial charge in [0, 0.05) is 21.9 Å². The van der Waals surface area contributed by atoms with Gasteiger partial charge >= 0.3 is 0 Å². The Kier molecular flexibility index (Phi) is 5.47. The first-order valence-electron chi connectivity index (χ1n) is 11.2.